The molecular formula is C11H15F2N3. The molecule has 2 rings (SSSR count). The monoisotopic (exact) mass is 227 g/mol. The van der Waals surface area contributed by atoms with Crippen molar-refractivity contribution in [2.24, 2.45) is 0 Å². The normalized spacial score (nSPS) is 22.6. The molecule has 16 heavy (non-hydrogen) atoms. The summed E-state index contributed by atoms with van der Waals surface area (Å²) in [7, 11) is 0. The van der Waals surface area contributed by atoms with Crippen LogP contribution in [0, 0.1) is 0 Å². The maximum absolute atomic E-state index is 12.8. The molecule has 5 heteroatoms. The maximum Gasteiger partial charge on any atom is 0.255 e. The smallest absolute Gasteiger partial charge is 0.255 e. The highest BCUT2D eigenvalue weighted by molar-refractivity contribution is 5.08. The summed E-state index contributed by atoms with van der Waals surface area (Å²) in [5.41, 5.74) is 0.982. The summed E-state index contributed by atoms with van der Waals surface area (Å²) in [5, 5.41) is 2.99. The van der Waals surface area contributed by atoms with Gasteiger partial charge in [0.1, 0.15) is 0 Å². The first-order valence-electron chi connectivity index (χ1n) is 5.39. The number of aromatic nitrogens is 1. The lowest BCUT2D eigenvalue weighted by molar-refractivity contribution is 0.00824. The van der Waals surface area contributed by atoms with Crippen molar-refractivity contribution < 1.29 is 8.78 Å². The van der Waals surface area contributed by atoms with Crippen molar-refractivity contribution in [2.75, 3.05) is 19.6 Å². The zero-order chi connectivity index (χ0) is 11.4. The number of nitrogens with one attached hydrogen (secondary N) is 1. The number of halogens is 2. The predicted octanol–water partition coefficient (Wildman–Crippen LogP) is 1.12. The third-order valence-corrected chi connectivity index (χ3v) is 2.80. The third-order valence-electron chi connectivity index (χ3n) is 2.80. The van der Waals surface area contributed by atoms with Crippen LogP contribution in [0.15, 0.2) is 24.5 Å². The van der Waals surface area contributed by atoms with Gasteiger partial charge in [-0.05, 0) is 11.6 Å². The zero-order valence-corrected chi connectivity index (χ0v) is 8.94. The molecule has 2 heterocycles. The quantitative estimate of drug-likeness (QED) is 0.838. The van der Waals surface area contributed by atoms with E-state index in [1.54, 1.807) is 12.4 Å². The summed E-state index contributed by atoms with van der Waals surface area (Å²) >= 11 is 0. The van der Waals surface area contributed by atoms with E-state index >= 15 is 0 Å². The van der Waals surface area contributed by atoms with Crippen LogP contribution in [0.25, 0.3) is 0 Å². The minimum atomic E-state index is -2.30. The van der Waals surface area contributed by atoms with Crippen LogP contribution in [0.3, 0.4) is 0 Å². The van der Waals surface area contributed by atoms with Gasteiger partial charge in [0.05, 0.1) is 6.04 Å². The van der Waals surface area contributed by atoms with E-state index in [0.717, 1.165) is 12.1 Å². The van der Waals surface area contributed by atoms with Gasteiger partial charge >= 0.3 is 0 Å². The van der Waals surface area contributed by atoms with Crippen LogP contribution in [0.2, 0.25) is 0 Å². The highest BCUT2D eigenvalue weighted by Crippen LogP contribution is 2.15. The Morgan fingerprint density at radius 1 is 1.56 bits per heavy atom. The Labute approximate surface area is 93.5 Å². The lowest BCUT2D eigenvalue weighted by Gasteiger charge is -2.35. The van der Waals surface area contributed by atoms with Crippen LogP contribution >= 0.6 is 0 Å². The van der Waals surface area contributed by atoms with E-state index in [-0.39, 0.29) is 0 Å². The Balaban J connectivity index is 2.01. The summed E-state index contributed by atoms with van der Waals surface area (Å²) in [5.74, 6) is 0. The van der Waals surface area contributed by atoms with E-state index in [2.05, 4.69) is 10.3 Å². The first kappa shape index (κ1) is 11.4. The van der Waals surface area contributed by atoms with Crippen LogP contribution in [-0.4, -0.2) is 42.0 Å². The summed E-state index contributed by atoms with van der Waals surface area (Å²) < 4.78 is 25.6. The van der Waals surface area contributed by atoms with Crippen LogP contribution < -0.4 is 5.32 Å². The molecule has 0 saturated carbocycles. The topological polar surface area (TPSA) is 28.2 Å². The van der Waals surface area contributed by atoms with E-state index in [0.29, 0.717) is 19.6 Å². The van der Waals surface area contributed by atoms with E-state index in [4.69, 9.17) is 0 Å². The largest absolute Gasteiger partial charge is 0.314 e. The molecule has 88 valence electrons. The van der Waals surface area contributed by atoms with Crippen LogP contribution in [0.4, 0.5) is 8.78 Å². The number of piperazine rings is 1. The highest BCUT2D eigenvalue weighted by atomic mass is 19.3. The fourth-order valence-electron chi connectivity index (χ4n) is 1.94. The van der Waals surface area contributed by atoms with Crippen LogP contribution in [-0.2, 0) is 6.54 Å². The Morgan fingerprint density at radius 2 is 2.44 bits per heavy atom. The van der Waals surface area contributed by atoms with Crippen molar-refractivity contribution in [3.05, 3.63) is 30.1 Å². The molecule has 0 spiro atoms. The molecule has 1 aliphatic heterocycles. The van der Waals surface area contributed by atoms with Crippen molar-refractivity contribution in [3.8, 4) is 0 Å². The molecule has 1 fully saturated rings. The molecule has 1 aromatic rings. The van der Waals surface area contributed by atoms with Gasteiger partial charge in [0.25, 0.3) is 6.43 Å². The number of pyridine rings is 1. The van der Waals surface area contributed by atoms with Gasteiger partial charge < -0.3 is 5.32 Å². The molecule has 0 bridgehead atoms. The lowest BCUT2D eigenvalue weighted by Crippen LogP contribution is -2.53. The molecule has 1 atom stereocenters. The molecule has 3 nitrogen and oxygen atoms in total. The number of rotatable bonds is 3. The Hall–Kier alpha value is -1.07. The van der Waals surface area contributed by atoms with Gasteiger partial charge in [-0.2, -0.15) is 0 Å². The van der Waals surface area contributed by atoms with Crippen LogP contribution in [0.1, 0.15) is 5.56 Å². The minimum Gasteiger partial charge on any atom is -0.314 e. The fourth-order valence-corrected chi connectivity index (χ4v) is 1.94. The molecule has 0 amide bonds. The zero-order valence-electron chi connectivity index (χ0n) is 8.94. The Morgan fingerprint density at radius 3 is 3.12 bits per heavy atom. The molecular weight excluding hydrogens is 212 g/mol. The molecule has 0 aliphatic carbocycles. The van der Waals surface area contributed by atoms with Gasteiger partial charge in [-0.15, -0.1) is 0 Å². The molecule has 1 N–H and O–H groups in total. The van der Waals surface area contributed by atoms with E-state index in [1.807, 2.05) is 17.0 Å². The molecule has 1 saturated heterocycles. The second kappa shape index (κ2) is 5.32. The lowest BCUT2D eigenvalue weighted by atomic mass is 10.1. The molecule has 1 aliphatic rings. The van der Waals surface area contributed by atoms with E-state index in [9.17, 15) is 8.78 Å². The molecule has 0 aromatic carbocycles. The van der Waals surface area contributed by atoms with Gasteiger partial charge in [-0.1, -0.05) is 6.07 Å². The van der Waals surface area contributed by atoms with Gasteiger partial charge in [0.15, 0.2) is 0 Å². The highest BCUT2D eigenvalue weighted by Gasteiger charge is 2.29. The van der Waals surface area contributed by atoms with Crippen LogP contribution in [0.5, 0.6) is 0 Å². The molecule has 0 radical (unpaired) electrons. The molecule has 1 aromatic heterocycles. The van der Waals surface area contributed by atoms with Gasteiger partial charge in [0, 0.05) is 38.6 Å². The first-order chi connectivity index (χ1) is 7.77. The SMILES string of the molecule is FC(F)[C@H]1CNCCN1Cc1cccnc1. The number of hydrogen-bond acceptors (Lipinski definition) is 3. The second-order valence-corrected chi connectivity index (χ2v) is 3.94. The van der Waals surface area contributed by atoms with Gasteiger partial charge in [-0.3, -0.25) is 9.88 Å². The van der Waals surface area contributed by atoms with Crippen molar-refractivity contribution >= 4 is 0 Å². The average molecular weight is 227 g/mol. The average Bonchev–Trinajstić information content (AvgIpc) is 2.31. The number of alkyl halides is 2. The summed E-state index contributed by atoms with van der Waals surface area (Å²) in [6.45, 7) is 2.33. The third kappa shape index (κ3) is 2.74. The van der Waals surface area contributed by atoms with Gasteiger partial charge in [-0.25, -0.2) is 8.78 Å². The van der Waals surface area contributed by atoms with Crippen molar-refractivity contribution in [2.45, 2.75) is 19.0 Å². The molecule has 0 unspecified atom stereocenters. The minimum absolute atomic E-state index is 0.359. The summed E-state index contributed by atoms with van der Waals surface area (Å²) in [6.07, 6.45) is 1.11. The van der Waals surface area contributed by atoms with Crippen molar-refractivity contribution in [1.82, 2.24) is 15.2 Å². The summed E-state index contributed by atoms with van der Waals surface area (Å²) in [4.78, 5) is 5.81. The standard InChI is InChI=1S/C11H15F2N3/c12-11(13)10-7-15-4-5-16(10)8-9-2-1-3-14-6-9/h1-3,6,10-11,15H,4-5,7-8H2/t10-/m1/s1. The second-order valence-electron chi connectivity index (χ2n) is 3.94. The maximum atomic E-state index is 12.8. The predicted molar refractivity (Wildman–Crippen MR) is 57.3 cm³/mol. The van der Waals surface area contributed by atoms with E-state index < -0.39 is 12.5 Å². The number of nitrogens with zero attached hydrogens (tertiary/aromatic N) is 2. The number of hydrogen-bond donors (Lipinski definition) is 1. The Kier molecular flexibility index (Phi) is 3.79. The van der Waals surface area contributed by atoms with Crippen molar-refractivity contribution in [3.63, 3.8) is 0 Å². The Bertz CT molecular complexity index is 318. The van der Waals surface area contributed by atoms with Crippen molar-refractivity contribution in [1.29, 1.82) is 0 Å². The van der Waals surface area contributed by atoms with Gasteiger partial charge in [0.2, 0.25) is 0 Å². The van der Waals surface area contributed by atoms with E-state index in [1.165, 1.54) is 0 Å². The summed E-state index contributed by atoms with van der Waals surface area (Å²) in [6, 6.07) is 3.06. The fraction of sp³-hybridized carbons (Fsp3) is 0.545. The first-order valence-corrected chi connectivity index (χ1v) is 5.39.